The largest absolute Gasteiger partial charge is 0.478 e. The normalized spacial score (nSPS) is 12.2. The Kier molecular flexibility index (Phi) is 6.84. The number of carboxylic acid groups (broad SMARTS) is 1. The standard InChI is InChI=1S/C23H13BrF5NO4S2/c24-20-14-3-1-2-4-18(14)35-21(20)30(11-12-5-7-16(25)15(9-12)23(27,28)29)36(33,34)19-8-6-13(22(31)32)10-17(19)26/h1-10H,11H2,(H,31,32). The summed E-state index contributed by atoms with van der Waals surface area (Å²) in [4.78, 5) is 10.3. The van der Waals surface area contributed by atoms with Crippen LogP contribution in [-0.2, 0) is 22.7 Å². The molecule has 0 aliphatic carbocycles. The van der Waals surface area contributed by atoms with Crippen LogP contribution in [0.4, 0.5) is 27.0 Å². The van der Waals surface area contributed by atoms with Crippen molar-refractivity contribution in [3.8, 4) is 0 Å². The second-order valence-electron chi connectivity index (χ2n) is 7.49. The maximum Gasteiger partial charge on any atom is 0.419 e. The van der Waals surface area contributed by atoms with Crippen LogP contribution in [0.5, 0.6) is 0 Å². The summed E-state index contributed by atoms with van der Waals surface area (Å²) < 4.78 is 97.4. The zero-order valence-electron chi connectivity index (χ0n) is 17.7. The third-order valence-corrected chi connectivity index (χ3v) is 9.31. The lowest BCUT2D eigenvalue weighted by Gasteiger charge is -2.24. The molecule has 0 fully saturated rings. The molecule has 0 saturated heterocycles. The number of rotatable bonds is 6. The van der Waals surface area contributed by atoms with Crippen LogP contribution >= 0.6 is 27.3 Å². The van der Waals surface area contributed by atoms with Gasteiger partial charge in [-0.25, -0.2) is 22.0 Å². The highest BCUT2D eigenvalue weighted by atomic mass is 79.9. The Bertz CT molecular complexity index is 1600. The molecule has 0 unspecified atom stereocenters. The summed E-state index contributed by atoms with van der Waals surface area (Å²) in [6.07, 6.45) is -5.03. The third-order valence-electron chi connectivity index (χ3n) is 5.15. The van der Waals surface area contributed by atoms with Gasteiger partial charge in [0.25, 0.3) is 10.0 Å². The molecule has 0 bridgehead atoms. The van der Waals surface area contributed by atoms with Crippen LogP contribution in [-0.4, -0.2) is 19.5 Å². The van der Waals surface area contributed by atoms with Gasteiger partial charge >= 0.3 is 12.1 Å². The molecule has 1 heterocycles. The molecule has 0 aliphatic heterocycles. The molecule has 0 amide bonds. The summed E-state index contributed by atoms with van der Waals surface area (Å²) in [5, 5.41) is 9.71. The van der Waals surface area contributed by atoms with Crippen LogP contribution in [0, 0.1) is 11.6 Å². The van der Waals surface area contributed by atoms with Crippen molar-refractivity contribution >= 4 is 58.3 Å². The van der Waals surface area contributed by atoms with E-state index >= 15 is 0 Å². The van der Waals surface area contributed by atoms with Crippen molar-refractivity contribution in [3.63, 3.8) is 0 Å². The van der Waals surface area contributed by atoms with Crippen LogP contribution < -0.4 is 4.31 Å². The van der Waals surface area contributed by atoms with Gasteiger partial charge < -0.3 is 5.11 Å². The van der Waals surface area contributed by atoms with Crippen molar-refractivity contribution in [3.05, 3.63) is 93.5 Å². The molecule has 1 aromatic heterocycles. The Morgan fingerprint density at radius 2 is 1.69 bits per heavy atom. The predicted molar refractivity (Wildman–Crippen MR) is 128 cm³/mol. The maximum atomic E-state index is 14.8. The molecular weight excluding hydrogens is 593 g/mol. The molecular formula is C23H13BrF5NO4S2. The molecule has 0 saturated carbocycles. The summed E-state index contributed by atoms with van der Waals surface area (Å²) in [7, 11) is -4.78. The van der Waals surface area contributed by atoms with Gasteiger partial charge in [-0.05, 0) is 57.9 Å². The minimum absolute atomic E-state index is 0.0378. The van der Waals surface area contributed by atoms with E-state index in [0.29, 0.717) is 37.1 Å². The van der Waals surface area contributed by atoms with Gasteiger partial charge in [0.05, 0.1) is 22.1 Å². The van der Waals surface area contributed by atoms with Crippen molar-refractivity contribution < 1.29 is 40.3 Å². The van der Waals surface area contributed by atoms with Crippen LogP contribution in [0.25, 0.3) is 10.1 Å². The molecule has 1 N–H and O–H groups in total. The number of fused-ring (bicyclic) bond motifs is 1. The predicted octanol–water partition coefficient (Wildman–Crippen LogP) is 7.05. The summed E-state index contributed by atoms with van der Waals surface area (Å²) >= 11 is 4.32. The van der Waals surface area contributed by atoms with Gasteiger partial charge in [-0.1, -0.05) is 24.3 Å². The number of alkyl halides is 3. The topological polar surface area (TPSA) is 74.7 Å². The van der Waals surface area contributed by atoms with Gasteiger partial charge in [-0.3, -0.25) is 4.31 Å². The van der Waals surface area contributed by atoms with E-state index in [2.05, 4.69) is 15.9 Å². The molecule has 4 rings (SSSR count). The van der Waals surface area contributed by atoms with E-state index in [9.17, 15) is 35.2 Å². The van der Waals surface area contributed by atoms with Crippen LogP contribution in [0.15, 0.2) is 70.0 Å². The van der Waals surface area contributed by atoms with E-state index in [0.717, 1.165) is 29.5 Å². The second kappa shape index (κ2) is 9.45. The fraction of sp³-hybridized carbons (Fsp3) is 0.0870. The number of benzene rings is 3. The number of aromatic carboxylic acids is 1. The lowest BCUT2D eigenvalue weighted by atomic mass is 10.1. The van der Waals surface area contributed by atoms with Gasteiger partial charge in [0.1, 0.15) is 21.5 Å². The number of anilines is 1. The molecule has 0 atom stereocenters. The fourth-order valence-corrected chi connectivity index (χ4v) is 7.31. The monoisotopic (exact) mass is 605 g/mol. The number of halogens is 6. The van der Waals surface area contributed by atoms with Crippen LogP contribution in [0.3, 0.4) is 0 Å². The highest BCUT2D eigenvalue weighted by Gasteiger charge is 2.36. The first-order valence-corrected chi connectivity index (χ1v) is 12.9. The van der Waals surface area contributed by atoms with E-state index in [4.69, 9.17) is 5.11 Å². The van der Waals surface area contributed by atoms with Crippen molar-refractivity contribution in [2.45, 2.75) is 17.6 Å². The highest BCUT2D eigenvalue weighted by Crippen LogP contribution is 2.45. The molecule has 188 valence electrons. The highest BCUT2D eigenvalue weighted by molar-refractivity contribution is 9.10. The molecule has 3 aromatic carbocycles. The van der Waals surface area contributed by atoms with Crippen molar-refractivity contribution in [1.82, 2.24) is 0 Å². The second-order valence-corrected chi connectivity index (χ2v) is 11.1. The SMILES string of the molecule is O=C(O)c1ccc(S(=O)(=O)N(Cc2ccc(F)c(C(F)(F)F)c2)c2sc3ccccc3c2Br)c(F)c1. The molecule has 0 radical (unpaired) electrons. The first-order valence-electron chi connectivity index (χ1n) is 9.89. The Morgan fingerprint density at radius 3 is 2.31 bits per heavy atom. The molecule has 36 heavy (non-hydrogen) atoms. The van der Waals surface area contributed by atoms with Crippen molar-refractivity contribution in [2.75, 3.05) is 4.31 Å². The van der Waals surface area contributed by atoms with E-state index in [1.54, 1.807) is 24.3 Å². The lowest BCUT2D eigenvalue weighted by Crippen LogP contribution is -2.31. The zero-order valence-corrected chi connectivity index (χ0v) is 20.9. The number of hydrogen-bond donors (Lipinski definition) is 1. The van der Waals surface area contributed by atoms with E-state index in [1.165, 1.54) is 0 Å². The van der Waals surface area contributed by atoms with Gasteiger partial charge in [0.2, 0.25) is 0 Å². The Balaban J connectivity index is 1.91. The van der Waals surface area contributed by atoms with E-state index in [1.807, 2.05) is 0 Å². The van der Waals surface area contributed by atoms with Crippen molar-refractivity contribution in [1.29, 1.82) is 0 Å². The number of thiophene rings is 1. The average molecular weight is 606 g/mol. The third kappa shape index (κ3) is 4.82. The first-order chi connectivity index (χ1) is 16.8. The Morgan fingerprint density at radius 1 is 1.00 bits per heavy atom. The first kappa shape index (κ1) is 26.0. The fourth-order valence-electron chi connectivity index (χ4n) is 3.44. The van der Waals surface area contributed by atoms with Crippen molar-refractivity contribution in [2.24, 2.45) is 0 Å². The number of carboxylic acids is 1. The molecule has 4 aromatic rings. The number of hydrogen-bond acceptors (Lipinski definition) is 4. The van der Waals surface area contributed by atoms with E-state index < -0.39 is 56.4 Å². The Labute approximate surface area is 213 Å². The lowest BCUT2D eigenvalue weighted by molar-refractivity contribution is -0.140. The number of nitrogens with zero attached hydrogens (tertiary/aromatic N) is 1. The van der Waals surface area contributed by atoms with E-state index in [-0.39, 0.29) is 10.6 Å². The molecule has 13 heteroatoms. The summed E-state index contributed by atoms with van der Waals surface area (Å²) in [5.41, 5.74) is -2.28. The molecule has 0 spiro atoms. The summed E-state index contributed by atoms with van der Waals surface area (Å²) in [6.45, 7) is -0.697. The van der Waals surface area contributed by atoms with Crippen LogP contribution in [0.1, 0.15) is 21.5 Å². The molecule has 0 aliphatic rings. The smallest absolute Gasteiger partial charge is 0.419 e. The van der Waals surface area contributed by atoms with Crippen LogP contribution in [0.2, 0.25) is 0 Å². The summed E-state index contributed by atoms with van der Waals surface area (Å²) in [6, 6.07) is 11.0. The zero-order chi connectivity index (χ0) is 26.4. The van der Waals surface area contributed by atoms with Gasteiger partial charge in [0.15, 0.2) is 0 Å². The molecule has 5 nitrogen and oxygen atoms in total. The van der Waals surface area contributed by atoms with Gasteiger partial charge in [0, 0.05) is 10.1 Å². The Hall–Kier alpha value is -3.03. The van der Waals surface area contributed by atoms with Gasteiger partial charge in [-0.15, -0.1) is 11.3 Å². The minimum atomic E-state index is -5.03. The summed E-state index contributed by atoms with van der Waals surface area (Å²) in [5.74, 6) is -4.36. The number of carbonyl (C=O) groups is 1. The minimum Gasteiger partial charge on any atom is -0.478 e. The quantitative estimate of drug-likeness (QED) is 0.239. The average Bonchev–Trinajstić information content (AvgIpc) is 3.13. The number of sulfonamides is 1. The maximum absolute atomic E-state index is 14.8. The van der Waals surface area contributed by atoms with Gasteiger partial charge in [-0.2, -0.15) is 13.2 Å².